The number of amides is 1. The van der Waals surface area contributed by atoms with Crippen LogP contribution in [0.25, 0.3) is 0 Å². The first-order chi connectivity index (χ1) is 11.3. The van der Waals surface area contributed by atoms with Crippen LogP contribution < -0.4 is 5.32 Å². The fourth-order valence-electron chi connectivity index (χ4n) is 4.69. The molecule has 3 heterocycles. The van der Waals surface area contributed by atoms with E-state index < -0.39 is 0 Å². The van der Waals surface area contributed by atoms with E-state index in [9.17, 15) is 4.79 Å². The van der Waals surface area contributed by atoms with E-state index >= 15 is 0 Å². The number of likely N-dealkylation sites (tertiary alicyclic amines) is 1. The molecular weight excluding hydrogens is 324 g/mol. The summed E-state index contributed by atoms with van der Waals surface area (Å²) in [5.74, 6) is 0.987. The summed E-state index contributed by atoms with van der Waals surface area (Å²) in [7, 11) is 0. The molecule has 1 aromatic rings. The van der Waals surface area contributed by atoms with Crippen molar-refractivity contribution in [3.05, 3.63) is 17.0 Å². The van der Waals surface area contributed by atoms with E-state index in [0.29, 0.717) is 11.7 Å². The number of hydrogen-bond donors (Lipinski definition) is 2. The molecule has 2 aliphatic heterocycles. The van der Waals surface area contributed by atoms with Gasteiger partial charge in [-0.15, -0.1) is 12.4 Å². The second-order valence-electron chi connectivity index (χ2n) is 7.49. The zero-order valence-corrected chi connectivity index (χ0v) is 15.2. The first-order valence-electron chi connectivity index (χ1n) is 9.40. The van der Waals surface area contributed by atoms with Crippen LogP contribution in [-0.4, -0.2) is 40.1 Å². The molecule has 1 amide bonds. The molecule has 1 aromatic heterocycles. The van der Waals surface area contributed by atoms with Crippen LogP contribution >= 0.6 is 12.4 Å². The van der Waals surface area contributed by atoms with Gasteiger partial charge in [0.1, 0.15) is 0 Å². The van der Waals surface area contributed by atoms with Gasteiger partial charge in [-0.25, -0.2) is 0 Å². The predicted molar refractivity (Wildman–Crippen MR) is 96.5 cm³/mol. The number of fused-ring (bicyclic) bond motifs is 1. The molecule has 1 saturated heterocycles. The lowest BCUT2D eigenvalue weighted by atomic mass is 9.84. The third kappa shape index (κ3) is 3.47. The number of aromatic amines is 1. The highest BCUT2D eigenvalue weighted by atomic mass is 35.5. The molecule has 2 N–H and O–H groups in total. The summed E-state index contributed by atoms with van der Waals surface area (Å²) in [6, 6.07) is 0.439. The van der Waals surface area contributed by atoms with Crippen LogP contribution in [0.1, 0.15) is 73.1 Å². The summed E-state index contributed by atoms with van der Waals surface area (Å²) >= 11 is 0. The summed E-state index contributed by atoms with van der Waals surface area (Å²) in [6.45, 7) is 2.65. The van der Waals surface area contributed by atoms with Crippen molar-refractivity contribution >= 4 is 18.3 Å². The van der Waals surface area contributed by atoms with E-state index in [-0.39, 0.29) is 18.3 Å². The first kappa shape index (κ1) is 17.7. The zero-order chi connectivity index (χ0) is 15.6. The predicted octanol–water partition coefficient (Wildman–Crippen LogP) is 3.05. The summed E-state index contributed by atoms with van der Waals surface area (Å²) in [4.78, 5) is 15.2. The SMILES string of the molecule is Cl.O=C(c1n[nH]c2c1CNCC2)N1CCCC1CC1CCCCC1. The number of nitrogens with one attached hydrogen (secondary N) is 2. The van der Waals surface area contributed by atoms with Gasteiger partial charge in [0, 0.05) is 43.4 Å². The maximum Gasteiger partial charge on any atom is 0.274 e. The highest BCUT2D eigenvalue weighted by Gasteiger charge is 2.34. The number of carbonyl (C=O) groups is 1. The average molecular weight is 353 g/mol. The van der Waals surface area contributed by atoms with Gasteiger partial charge in [0.25, 0.3) is 5.91 Å². The van der Waals surface area contributed by atoms with Crippen LogP contribution in [0.5, 0.6) is 0 Å². The van der Waals surface area contributed by atoms with Gasteiger partial charge in [0.05, 0.1) is 0 Å². The Labute approximate surface area is 150 Å². The Morgan fingerprint density at radius 1 is 1.17 bits per heavy atom. The van der Waals surface area contributed by atoms with Gasteiger partial charge in [-0.1, -0.05) is 32.1 Å². The maximum absolute atomic E-state index is 13.0. The number of rotatable bonds is 3. The van der Waals surface area contributed by atoms with E-state index in [0.717, 1.165) is 49.7 Å². The topological polar surface area (TPSA) is 61.0 Å². The van der Waals surface area contributed by atoms with E-state index in [2.05, 4.69) is 20.4 Å². The van der Waals surface area contributed by atoms with E-state index in [1.54, 1.807) is 0 Å². The number of nitrogens with zero attached hydrogens (tertiary/aromatic N) is 2. The van der Waals surface area contributed by atoms with Crippen molar-refractivity contribution in [2.75, 3.05) is 13.1 Å². The highest BCUT2D eigenvalue weighted by Crippen LogP contribution is 2.33. The standard InChI is InChI=1S/C18H28N4O.ClH/c23-18(17-15-12-19-9-8-16(15)20-21-17)22-10-4-7-14(22)11-13-5-2-1-3-6-13;/h13-14,19H,1-12H2,(H,20,21);1H. The smallest absolute Gasteiger partial charge is 0.274 e. The average Bonchev–Trinajstić information content (AvgIpc) is 3.22. The second-order valence-corrected chi connectivity index (χ2v) is 7.49. The summed E-state index contributed by atoms with van der Waals surface area (Å²) in [5.41, 5.74) is 2.92. The van der Waals surface area contributed by atoms with E-state index in [4.69, 9.17) is 0 Å². The van der Waals surface area contributed by atoms with Crippen molar-refractivity contribution in [1.82, 2.24) is 20.4 Å². The Bertz CT molecular complexity index is 567. The monoisotopic (exact) mass is 352 g/mol. The molecule has 0 spiro atoms. The lowest BCUT2D eigenvalue weighted by molar-refractivity contribution is 0.0704. The summed E-state index contributed by atoms with van der Waals surface area (Å²) < 4.78 is 0. The second kappa shape index (κ2) is 7.87. The minimum atomic E-state index is 0. The van der Waals surface area contributed by atoms with Gasteiger partial charge >= 0.3 is 0 Å². The largest absolute Gasteiger partial charge is 0.334 e. The lowest BCUT2D eigenvalue weighted by Crippen LogP contribution is -2.38. The van der Waals surface area contributed by atoms with Crippen molar-refractivity contribution in [3.63, 3.8) is 0 Å². The molecule has 0 aromatic carbocycles. The summed E-state index contributed by atoms with van der Waals surface area (Å²) in [5, 5.41) is 10.8. The van der Waals surface area contributed by atoms with E-state index in [1.807, 2.05) is 0 Å². The van der Waals surface area contributed by atoms with Gasteiger partial charge in [-0.3, -0.25) is 9.89 Å². The van der Waals surface area contributed by atoms with Crippen molar-refractivity contribution in [1.29, 1.82) is 0 Å². The van der Waals surface area contributed by atoms with Crippen molar-refractivity contribution in [3.8, 4) is 0 Å². The Morgan fingerprint density at radius 3 is 2.83 bits per heavy atom. The first-order valence-corrected chi connectivity index (χ1v) is 9.40. The normalized spacial score (nSPS) is 24.5. The van der Waals surface area contributed by atoms with E-state index in [1.165, 1.54) is 44.9 Å². The maximum atomic E-state index is 13.0. The van der Waals surface area contributed by atoms with Gasteiger partial charge < -0.3 is 10.2 Å². The molecule has 2 fully saturated rings. The van der Waals surface area contributed by atoms with Gasteiger partial charge in [0.15, 0.2) is 5.69 Å². The Morgan fingerprint density at radius 2 is 2.00 bits per heavy atom. The number of carbonyl (C=O) groups excluding carboxylic acids is 1. The van der Waals surface area contributed by atoms with Crippen LogP contribution in [0.15, 0.2) is 0 Å². The molecule has 0 radical (unpaired) electrons. The zero-order valence-electron chi connectivity index (χ0n) is 14.4. The van der Waals surface area contributed by atoms with Crippen LogP contribution in [0.4, 0.5) is 0 Å². The van der Waals surface area contributed by atoms with Gasteiger partial charge in [-0.2, -0.15) is 5.10 Å². The summed E-state index contributed by atoms with van der Waals surface area (Å²) in [6.07, 6.45) is 11.4. The number of halogens is 1. The van der Waals surface area contributed by atoms with Crippen LogP contribution in [0.2, 0.25) is 0 Å². The number of hydrogen-bond acceptors (Lipinski definition) is 3. The van der Waals surface area contributed by atoms with Crippen LogP contribution in [-0.2, 0) is 13.0 Å². The molecule has 1 aliphatic carbocycles. The van der Waals surface area contributed by atoms with Gasteiger partial charge in [-0.05, 0) is 25.2 Å². The Balaban J connectivity index is 0.00000169. The third-order valence-corrected chi connectivity index (χ3v) is 5.98. The van der Waals surface area contributed by atoms with Crippen LogP contribution in [0, 0.1) is 5.92 Å². The number of aromatic nitrogens is 2. The molecule has 5 nitrogen and oxygen atoms in total. The molecule has 1 atom stereocenters. The Hall–Kier alpha value is -1.07. The molecule has 0 bridgehead atoms. The third-order valence-electron chi connectivity index (χ3n) is 5.98. The fraction of sp³-hybridized carbons (Fsp3) is 0.778. The molecule has 6 heteroatoms. The molecule has 3 aliphatic rings. The highest BCUT2D eigenvalue weighted by molar-refractivity contribution is 5.94. The van der Waals surface area contributed by atoms with Crippen LogP contribution in [0.3, 0.4) is 0 Å². The van der Waals surface area contributed by atoms with Crippen molar-refractivity contribution < 1.29 is 4.79 Å². The molecule has 1 unspecified atom stereocenters. The molecule has 134 valence electrons. The number of H-pyrrole nitrogens is 1. The quantitative estimate of drug-likeness (QED) is 0.878. The minimum absolute atomic E-state index is 0. The van der Waals surface area contributed by atoms with Crippen molar-refractivity contribution in [2.24, 2.45) is 5.92 Å². The lowest BCUT2D eigenvalue weighted by Gasteiger charge is -2.30. The Kier molecular flexibility index (Phi) is 5.82. The molecule has 1 saturated carbocycles. The molecular formula is C18H29ClN4O. The minimum Gasteiger partial charge on any atom is -0.334 e. The van der Waals surface area contributed by atoms with Crippen molar-refractivity contribution in [2.45, 2.75) is 70.4 Å². The fourth-order valence-corrected chi connectivity index (χ4v) is 4.69. The molecule has 24 heavy (non-hydrogen) atoms. The molecule has 4 rings (SSSR count). The van der Waals surface area contributed by atoms with Gasteiger partial charge in [0.2, 0.25) is 0 Å².